The molecular formula is C19H18N2O2. The number of carbonyl (C=O) groups is 1. The largest absolute Gasteiger partial charge is 0.382 e. The van der Waals surface area contributed by atoms with E-state index in [4.69, 9.17) is 4.84 Å². The number of nitrogens with zero attached hydrogens (tertiary/aromatic N) is 2. The maximum Gasteiger partial charge on any atom is 0.246 e. The van der Waals surface area contributed by atoms with Crippen molar-refractivity contribution in [3.05, 3.63) is 83.4 Å². The molecule has 1 unspecified atom stereocenters. The molecule has 1 atom stereocenters. The Bertz CT molecular complexity index is 749. The van der Waals surface area contributed by atoms with Crippen molar-refractivity contribution in [2.75, 3.05) is 14.1 Å². The van der Waals surface area contributed by atoms with Crippen molar-refractivity contribution in [1.29, 1.82) is 0 Å². The molecule has 1 heterocycles. The average molecular weight is 306 g/mol. The van der Waals surface area contributed by atoms with Crippen LogP contribution < -0.4 is 0 Å². The number of amides is 1. The zero-order valence-electron chi connectivity index (χ0n) is 13.1. The molecule has 0 aliphatic carbocycles. The summed E-state index contributed by atoms with van der Waals surface area (Å²) < 4.78 is 0. The summed E-state index contributed by atoms with van der Waals surface area (Å²) in [5, 5.41) is 4.24. The Balaban J connectivity index is 2.03. The summed E-state index contributed by atoms with van der Waals surface area (Å²) in [6.07, 6.45) is 1.24. The van der Waals surface area contributed by atoms with E-state index in [1.165, 1.54) is 4.90 Å². The first-order chi connectivity index (χ1) is 11.2. The number of oxime groups is 1. The normalized spacial score (nSPS) is 18.4. The van der Waals surface area contributed by atoms with Crippen LogP contribution in [-0.2, 0) is 9.63 Å². The predicted molar refractivity (Wildman–Crippen MR) is 90.0 cm³/mol. The van der Waals surface area contributed by atoms with Crippen LogP contribution in [0.1, 0.15) is 17.2 Å². The molecule has 0 bridgehead atoms. The van der Waals surface area contributed by atoms with E-state index < -0.39 is 0 Å². The Kier molecular flexibility index (Phi) is 4.24. The van der Waals surface area contributed by atoms with Gasteiger partial charge in [-0.25, -0.2) is 0 Å². The van der Waals surface area contributed by atoms with E-state index in [0.717, 1.165) is 16.7 Å². The zero-order valence-corrected chi connectivity index (χ0v) is 13.1. The summed E-state index contributed by atoms with van der Waals surface area (Å²) in [5.74, 6) is -0.0879. The second-order valence-corrected chi connectivity index (χ2v) is 5.53. The van der Waals surface area contributed by atoms with Crippen LogP contribution in [0.2, 0.25) is 0 Å². The number of carbonyl (C=O) groups excluding carboxylic acids is 1. The van der Waals surface area contributed by atoms with Gasteiger partial charge >= 0.3 is 0 Å². The van der Waals surface area contributed by atoms with Gasteiger partial charge in [-0.3, -0.25) is 4.79 Å². The molecule has 0 radical (unpaired) electrons. The lowest BCUT2D eigenvalue weighted by atomic mass is 9.94. The lowest BCUT2D eigenvalue weighted by Crippen LogP contribution is -2.21. The van der Waals surface area contributed by atoms with Crippen LogP contribution >= 0.6 is 0 Å². The highest BCUT2D eigenvalue weighted by atomic mass is 16.6. The molecule has 0 saturated carbocycles. The summed E-state index contributed by atoms with van der Waals surface area (Å²) in [6.45, 7) is 0. The van der Waals surface area contributed by atoms with Crippen molar-refractivity contribution < 1.29 is 9.63 Å². The van der Waals surface area contributed by atoms with Crippen molar-refractivity contribution >= 4 is 11.6 Å². The van der Waals surface area contributed by atoms with Crippen molar-refractivity contribution in [1.82, 2.24) is 4.90 Å². The first-order valence-electron chi connectivity index (χ1n) is 7.44. The first kappa shape index (κ1) is 15.0. The molecule has 23 heavy (non-hydrogen) atoms. The zero-order chi connectivity index (χ0) is 16.2. The molecule has 0 saturated heterocycles. The first-order valence-corrected chi connectivity index (χ1v) is 7.44. The van der Waals surface area contributed by atoms with Crippen molar-refractivity contribution in [3.63, 3.8) is 0 Å². The van der Waals surface area contributed by atoms with E-state index in [0.29, 0.717) is 5.71 Å². The average Bonchev–Trinajstić information content (AvgIpc) is 3.00. The van der Waals surface area contributed by atoms with Gasteiger partial charge in [-0.2, -0.15) is 0 Å². The van der Waals surface area contributed by atoms with E-state index in [2.05, 4.69) is 5.16 Å². The highest BCUT2D eigenvalue weighted by Gasteiger charge is 2.30. The van der Waals surface area contributed by atoms with Gasteiger partial charge in [0.15, 0.2) is 6.10 Å². The van der Waals surface area contributed by atoms with Gasteiger partial charge in [-0.15, -0.1) is 0 Å². The van der Waals surface area contributed by atoms with Crippen LogP contribution in [-0.4, -0.2) is 30.6 Å². The van der Waals surface area contributed by atoms with Gasteiger partial charge < -0.3 is 9.74 Å². The second-order valence-electron chi connectivity index (χ2n) is 5.53. The van der Waals surface area contributed by atoms with Crippen LogP contribution in [0.5, 0.6) is 0 Å². The minimum Gasteiger partial charge on any atom is -0.382 e. The molecule has 2 aromatic carbocycles. The molecular weight excluding hydrogens is 288 g/mol. The minimum absolute atomic E-state index is 0.0879. The molecule has 1 aliphatic rings. The third-order valence-corrected chi connectivity index (χ3v) is 3.67. The van der Waals surface area contributed by atoms with Crippen molar-refractivity contribution in [2.45, 2.75) is 6.10 Å². The fraction of sp³-hybridized carbons (Fsp3) is 0.158. The lowest BCUT2D eigenvalue weighted by Gasteiger charge is -2.13. The highest BCUT2D eigenvalue weighted by Crippen LogP contribution is 2.34. The van der Waals surface area contributed by atoms with Gasteiger partial charge in [-0.1, -0.05) is 65.8 Å². The molecule has 4 nitrogen and oxygen atoms in total. The summed E-state index contributed by atoms with van der Waals surface area (Å²) >= 11 is 0. The van der Waals surface area contributed by atoms with E-state index in [1.54, 1.807) is 20.2 Å². The Morgan fingerprint density at radius 3 is 2.26 bits per heavy atom. The predicted octanol–water partition coefficient (Wildman–Crippen LogP) is 3.18. The maximum absolute atomic E-state index is 12.2. The second kappa shape index (κ2) is 6.48. The van der Waals surface area contributed by atoms with Crippen molar-refractivity contribution in [2.24, 2.45) is 5.16 Å². The topological polar surface area (TPSA) is 41.9 Å². The third-order valence-electron chi connectivity index (χ3n) is 3.67. The molecule has 3 rings (SSSR count). The fourth-order valence-electron chi connectivity index (χ4n) is 2.43. The molecule has 116 valence electrons. The van der Waals surface area contributed by atoms with Crippen molar-refractivity contribution in [3.8, 4) is 0 Å². The van der Waals surface area contributed by atoms with Gasteiger partial charge in [0.25, 0.3) is 0 Å². The Morgan fingerprint density at radius 1 is 1.04 bits per heavy atom. The van der Waals surface area contributed by atoms with Crippen LogP contribution in [0.4, 0.5) is 0 Å². The quantitative estimate of drug-likeness (QED) is 0.817. The lowest BCUT2D eigenvalue weighted by molar-refractivity contribution is -0.123. The van der Waals surface area contributed by atoms with Gasteiger partial charge in [0.05, 0.1) is 0 Å². The summed E-state index contributed by atoms with van der Waals surface area (Å²) in [6, 6.07) is 19.6. The highest BCUT2D eigenvalue weighted by molar-refractivity contribution is 6.16. The third kappa shape index (κ3) is 3.16. The monoisotopic (exact) mass is 306 g/mol. The molecule has 1 aliphatic heterocycles. The smallest absolute Gasteiger partial charge is 0.246 e. The minimum atomic E-state index is -0.365. The van der Waals surface area contributed by atoms with Gasteiger partial charge in [0, 0.05) is 31.3 Å². The Hall–Kier alpha value is -2.88. The van der Waals surface area contributed by atoms with Crippen LogP contribution in [0.25, 0.3) is 0 Å². The summed E-state index contributed by atoms with van der Waals surface area (Å²) in [7, 11) is 3.46. The summed E-state index contributed by atoms with van der Waals surface area (Å²) in [4.78, 5) is 19.4. The maximum atomic E-state index is 12.2. The molecule has 4 heteroatoms. The van der Waals surface area contributed by atoms with E-state index in [9.17, 15) is 4.79 Å². The molecule has 0 spiro atoms. The van der Waals surface area contributed by atoms with E-state index in [-0.39, 0.29) is 12.0 Å². The molecule has 0 N–H and O–H groups in total. The molecule has 2 aromatic rings. The number of benzene rings is 2. The van der Waals surface area contributed by atoms with Crippen LogP contribution in [0, 0.1) is 0 Å². The standard InChI is InChI=1S/C19H18N2O2/c1-21(2)17(22)13-16-18(14-9-5-3-6-10-14)20-23-19(16)15-11-7-4-8-12-15/h3-13,19H,1-2H3/b16-13-. The Morgan fingerprint density at radius 2 is 1.65 bits per heavy atom. The van der Waals surface area contributed by atoms with E-state index in [1.807, 2.05) is 60.7 Å². The number of likely N-dealkylation sites (N-methyl/N-ethyl adjacent to an activating group) is 1. The van der Waals surface area contributed by atoms with Gasteiger partial charge in [0.2, 0.25) is 5.91 Å². The summed E-state index contributed by atoms with van der Waals surface area (Å²) in [5.41, 5.74) is 3.39. The molecule has 0 fully saturated rings. The molecule has 0 aromatic heterocycles. The van der Waals surface area contributed by atoms with Crippen LogP contribution in [0.3, 0.4) is 0 Å². The number of rotatable bonds is 3. The van der Waals surface area contributed by atoms with Gasteiger partial charge in [0.1, 0.15) is 5.71 Å². The SMILES string of the molecule is CN(C)C(=O)/C=C1/C(c2ccccc2)=NOC1c1ccccc1. The van der Waals surface area contributed by atoms with Gasteiger partial charge in [-0.05, 0) is 5.56 Å². The number of hydrogen-bond acceptors (Lipinski definition) is 3. The molecule has 1 amide bonds. The number of hydrogen-bond donors (Lipinski definition) is 0. The fourth-order valence-corrected chi connectivity index (χ4v) is 2.43. The van der Waals surface area contributed by atoms with E-state index >= 15 is 0 Å². The Labute approximate surface area is 135 Å². The van der Waals surface area contributed by atoms with Crippen LogP contribution in [0.15, 0.2) is 77.5 Å².